The number of anilines is 2. The number of hydrogen-bond acceptors (Lipinski definition) is 7. The molecule has 12 heteroatoms. The van der Waals surface area contributed by atoms with Crippen molar-refractivity contribution in [2.45, 2.75) is 26.3 Å². The predicted octanol–water partition coefficient (Wildman–Crippen LogP) is 3.32. The third-order valence-electron chi connectivity index (χ3n) is 5.09. The fourth-order valence-corrected chi connectivity index (χ4v) is 3.46. The zero-order chi connectivity index (χ0) is 25.3. The molecule has 0 radical (unpaired) electrons. The maximum Gasteiger partial charge on any atom is 0.254 e. The van der Waals surface area contributed by atoms with Gasteiger partial charge in [0.2, 0.25) is 11.8 Å². The highest BCUT2D eigenvalue weighted by molar-refractivity contribution is 6.03. The molecule has 2 amide bonds. The molecule has 0 bridgehead atoms. The molecule has 0 fully saturated rings. The quantitative estimate of drug-likeness (QED) is 0.366. The summed E-state index contributed by atoms with van der Waals surface area (Å²) in [7, 11) is 0. The maximum absolute atomic E-state index is 13.9. The minimum absolute atomic E-state index is 0.000829. The number of carbonyl (C=O) groups is 2. The standard InChI is InChI=1S/C23H21F2N7O3/c1-11(2)32-22(26)20(23(27)34)21(30-32)16-6-3-12(10-28-16)7-18(33)29-19-9-17(31-35-19)14-5-4-13(24)8-15(14)25/h3-6,8-11H,7,26H2,1-2H3,(H2,27,34)(H,29,33). The van der Waals surface area contributed by atoms with E-state index < -0.39 is 23.4 Å². The number of pyridine rings is 1. The van der Waals surface area contributed by atoms with Crippen LogP contribution in [0, 0.1) is 11.6 Å². The third kappa shape index (κ3) is 4.86. The van der Waals surface area contributed by atoms with Crippen molar-refractivity contribution >= 4 is 23.5 Å². The number of aromatic nitrogens is 4. The molecule has 3 aromatic heterocycles. The van der Waals surface area contributed by atoms with Gasteiger partial charge in [-0.25, -0.2) is 13.5 Å². The van der Waals surface area contributed by atoms with Crippen LogP contribution in [0.3, 0.4) is 0 Å². The highest BCUT2D eigenvalue weighted by Crippen LogP contribution is 2.28. The number of carbonyl (C=O) groups excluding carboxylic acids is 2. The van der Waals surface area contributed by atoms with E-state index >= 15 is 0 Å². The first-order valence-corrected chi connectivity index (χ1v) is 10.5. The number of nitrogens with one attached hydrogen (secondary N) is 1. The van der Waals surface area contributed by atoms with Gasteiger partial charge in [-0.2, -0.15) is 5.10 Å². The summed E-state index contributed by atoms with van der Waals surface area (Å²) in [4.78, 5) is 28.6. The van der Waals surface area contributed by atoms with Gasteiger partial charge in [0.25, 0.3) is 5.91 Å². The SMILES string of the molecule is CC(C)n1nc(-c2ccc(CC(=O)Nc3cc(-c4ccc(F)cc4F)no3)cn2)c(C(N)=O)c1N. The van der Waals surface area contributed by atoms with Crippen LogP contribution in [0.1, 0.15) is 35.8 Å². The minimum Gasteiger partial charge on any atom is -0.383 e. The number of amides is 2. The second-order valence-corrected chi connectivity index (χ2v) is 7.99. The van der Waals surface area contributed by atoms with Crippen molar-refractivity contribution in [1.82, 2.24) is 19.9 Å². The average molecular weight is 481 g/mol. The summed E-state index contributed by atoms with van der Waals surface area (Å²) in [5.41, 5.74) is 12.9. The summed E-state index contributed by atoms with van der Waals surface area (Å²) in [6, 6.07) is 7.53. The second-order valence-electron chi connectivity index (χ2n) is 7.99. The van der Waals surface area contributed by atoms with Gasteiger partial charge in [-0.3, -0.25) is 19.9 Å². The zero-order valence-corrected chi connectivity index (χ0v) is 18.8. The van der Waals surface area contributed by atoms with Gasteiger partial charge in [0.1, 0.15) is 34.4 Å². The van der Waals surface area contributed by atoms with Crippen LogP contribution in [-0.2, 0) is 11.2 Å². The molecule has 0 atom stereocenters. The van der Waals surface area contributed by atoms with E-state index in [9.17, 15) is 18.4 Å². The molecule has 0 unspecified atom stereocenters. The van der Waals surface area contributed by atoms with E-state index in [1.54, 1.807) is 12.1 Å². The van der Waals surface area contributed by atoms with Crippen molar-refractivity contribution in [1.29, 1.82) is 0 Å². The lowest BCUT2D eigenvalue weighted by Crippen LogP contribution is -2.15. The fraction of sp³-hybridized carbons (Fsp3) is 0.174. The number of rotatable bonds is 7. The molecule has 0 aliphatic heterocycles. The highest BCUT2D eigenvalue weighted by Gasteiger charge is 2.23. The molecule has 35 heavy (non-hydrogen) atoms. The summed E-state index contributed by atoms with van der Waals surface area (Å²) in [6.45, 7) is 3.72. The Balaban J connectivity index is 1.46. The summed E-state index contributed by atoms with van der Waals surface area (Å²) in [5, 5.41) is 10.6. The fourth-order valence-electron chi connectivity index (χ4n) is 3.46. The summed E-state index contributed by atoms with van der Waals surface area (Å²) in [6.07, 6.45) is 1.41. The number of hydrogen-bond donors (Lipinski definition) is 3. The first-order chi connectivity index (χ1) is 16.6. The first-order valence-electron chi connectivity index (χ1n) is 10.5. The van der Waals surface area contributed by atoms with Crippen LogP contribution in [0.5, 0.6) is 0 Å². The van der Waals surface area contributed by atoms with Crippen molar-refractivity contribution in [2.24, 2.45) is 5.73 Å². The van der Waals surface area contributed by atoms with Gasteiger partial charge >= 0.3 is 0 Å². The number of nitrogen functional groups attached to an aromatic ring is 1. The topological polar surface area (TPSA) is 155 Å². The zero-order valence-electron chi connectivity index (χ0n) is 18.8. The monoisotopic (exact) mass is 481 g/mol. The molecular weight excluding hydrogens is 460 g/mol. The van der Waals surface area contributed by atoms with Gasteiger partial charge in [0, 0.05) is 29.9 Å². The molecule has 0 aliphatic carbocycles. The third-order valence-corrected chi connectivity index (χ3v) is 5.09. The Morgan fingerprint density at radius 3 is 2.54 bits per heavy atom. The molecule has 0 aliphatic rings. The van der Waals surface area contributed by atoms with Crippen molar-refractivity contribution in [3.8, 4) is 22.6 Å². The van der Waals surface area contributed by atoms with E-state index in [4.69, 9.17) is 16.0 Å². The lowest BCUT2D eigenvalue weighted by molar-refractivity contribution is -0.115. The molecule has 1 aromatic carbocycles. The molecule has 4 aromatic rings. The van der Waals surface area contributed by atoms with Crippen LogP contribution in [-0.4, -0.2) is 31.7 Å². The lowest BCUT2D eigenvalue weighted by Gasteiger charge is -2.06. The Labute approximate surface area is 197 Å². The maximum atomic E-state index is 13.9. The largest absolute Gasteiger partial charge is 0.383 e. The van der Waals surface area contributed by atoms with Gasteiger partial charge < -0.3 is 16.0 Å². The molecule has 5 N–H and O–H groups in total. The number of primary amides is 1. The number of nitrogens with two attached hydrogens (primary N) is 2. The van der Waals surface area contributed by atoms with Gasteiger partial charge in [-0.1, -0.05) is 11.2 Å². The van der Waals surface area contributed by atoms with Gasteiger partial charge in [0.05, 0.1) is 12.1 Å². The van der Waals surface area contributed by atoms with Crippen LogP contribution in [0.4, 0.5) is 20.5 Å². The van der Waals surface area contributed by atoms with Crippen molar-refractivity contribution in [3.63, 3.8) is 0 Å². The Morgan fingerprint density at radius 2 is 1.91 bits per heavy atom. The average Bonchev–Trinajstić information content (AvgIpc) is 3.38. The van der Waals surface area contributed by atoms with Crippen LogP contribution in [0.25, 0.3) is 22.6 Å². The van der Waals surface area contributed by atoms with Crippen molar-refractivity contribution in [3.05, 3.63) is 65.4 Å². The Hall–Kier alpha value is -4.61. The van der Waals surface area contributed by atoms with Crippen LogP contribution in [0.15, 0.2) is 47.1 Å². The normalized spacial score (nSPS) is 11.1. The van der Waals surface area contributed by atoms with E-state index in [0.717, 1.165) is 12.1 Å². The molecule has 0 spiro atoms. The van der Waals surface area contributed by atoms with Gasteiger partial charge in [-0.15, -0.1) is 0 Å². The Kier molecular flexibility index (Phi) is 6.28. The molecule has 10 nitrogen and oxygen atoms in total. The van der Waals surface area contributed by atoms with Crippen LogP contribution in [0.2, 0.25) is 0 Å². The van der Waals surface area contributed by atoms with E-state index in [1.165, 1.54) is 23.0 Å². The van der Waals surface area contributed by atoms with Gasteiger partial charge in [-0.05, 0) is 37.6 Å². The van der Waals surface area contributed by atoms with Crippen LogP contribution >= 0.6 is 0 Å². The smallest absolute Gasteiger partial charge is 0.254 e. The highest BCUT2D eigenvalue weighted by atomic mass is 19.1. The Bertz CT molecular complexity index is 1410. The van der Waals surface area contributed by atoms with Crippen LogP contribution < -0.4 is 16.8 Å². The molecule has 4 rings (SSSR count). The predicted molar refractivity (Wildman–Crippen MR) is 123 cm³/mol. The molecule has 0 saturated heterocycles. The minimum atomic E-state index is -0.804. The molecule has 180 valence electrons. The summed E-state index contributed by atoms with van der Waals surface area (Å²) < 4.78 is 33.5. The second kappa shape index (κ2) is 9.33. The molecule has 0 saturated carbocycles. The van der Waals surface area contributed by atoms with Crippen molar-refractivity contribution in [2.75, 3.05) is 11.1 Å². The van der Waals surface area contributed by atoms with Gasteiger partial charge in [0.15, 0.2) is 0 Å². The van der Waals surface area contributed by atoms with E-state index in [2.05, 4.69) is 20.6 Å². The van der Waals surface area contributed by atoms with E-state index in [1.807, 2.05) is 13.8 Å². The lowest BCUT2D eigenvalue weighted by atomic mass is 10.1. The van der Waals surface area contributed by atoms with E-state index in [0.29, 0.717) is 11.3 Å². The number of benzene rings is 1. The molecular formula is C23H21F2N7O3. The first kappa shape index (κ1) is 23.5. The number of halogens is 2. The Morgan fingerprint density at radius 1 is 1.14 bits per heavy atom. The molecule has 3 heterocycles. The summed E-state index contributed by atoms with van der Waals surface area (Å²) >= 11 is 0. The summed E-state index contributed by atoms with van der Waals surface area (Å²) in [5.74, 6) is -2.53. The number of nitrogens with zero attached hydrogens (tertiary/aromatic N) is 4. The van der Waals surface area contributed by atoms with E-state index in [-0.39, 0.29) is 46.7 Å². The van der Waals surface area contributed by atoms with Crippen molar-refractivity contribution < 1.29 is 22.9 Å².